The van der Waals surface area contributed by atoms with Crippen LogP contribution >= 0.6 is 0 Å². The van der Waals surface area contributed by atoms with Gasteiger partial charge in [-0.2, -0.15) is 0 Å². The highest BCUT2D eigenvalue weighted by atomic mass is 19.1. The van der Waals surface area contributed by atoms with Gasteiger partial charge in [0, 0.05) is 19.0 Å². The first kappa shape index (κ1) is 20.6. The van der Waals surface area contributed by atoms with E-state index in [1.165, 1.54) is 0 Å². The van der Waals surface area contributed by atoms with Gasteiger partial charge in [0.05, 0.1) is 11.6 Å². The lowest BCUT2D eigenvalue weighted by Crippen LogP contribution is -2.32. The largest absolute Gasteiger partial charge is 0.352 e. The Kier molecular flexibility index (Phi) is 7.46. The molecule has 0 aliphatic rings. The van der Waals surface area contributed by atoms with Crippen molar-refractivity contribution in [3.63, 3.8) is 0 Å². The highest BCUT2D eigenvalue weighted by molar-refractivity contribution is 5.94. The molecule has 2 N–H and O–H groups in total. The zero-order valence-electron chi connectivity index (χ0n) is 15.5. The van der Waals surface area contributed by atoms with Gasteiger partial charge < -0.3 is 10.6 Å². The van der Waals surface area contributed by atoms with Crippen molar-refractivity contribution in [2.45, 2.75) is 32.7 Å². The summed E-state index contributed by atoms with van der Waals surface area (Å²) in [6, 6.07) is 12.4. The van der Waals surface area contributed by atoms with Crippen LogP contribution in [0.1, 0.15) is 48.7 Å². The van der Waals surface area contributed by atoms with Crippen molar-refractivity contribution in [2.24, 2.45) is 5.92 Å². The fourth-order valence-electron chi connectivity index (χ4n) is 2.76. The predicted octanol–water partition coefficient (Wildman–Crippen LogP) is 3.99. The molecule has 0 unspecified atom stereocenters. The number of benzene rings is 2. The molecule has 0 radical (unpaired) electrons. The zero-order chi connectivity index (χ0) is 19.8. The highest BCUT2D eigenvalue weighted by Crippen LogP contribution is 2.21. The lowest BCUT2D eigenvalue weighted by atomic mass is 9.96. The smallest absolute Gasteiger partial charge is 0.254 e. The maximum atomic E-state index is 13.6. The fraction of sp³-hybridized carbons (Fsp3) is 0.333. The van der Waals surface area contributed by atoms with Gasteiger partial charge in [-0.25, -0.2) is 8.78 Å². The van der Waals surface area contributed by atoms with Gasteiger partial charge in [-0.1, -0.05) is 44.2 Å². The second-order valence-electron chi connectivity index (χ2n) is 6.68. The Morgan fingerprint density at radius 2 is 1.74 bits per heavy atom. The van der Waals surface area contributed by atoms with Crippen molar-refractivity contribution < 1.29 is 18.4 Å². The summed E-state index contributed by atoms with van der Waals surface area (Å²) in [7, 11) is 0. The van der Waals surface area contributed by atoms with Gasteiger partial charge in [0.1, 0.15) is 11.6 Å². The summed E-state index contributed by atoms with van der Waals surface area (Å²) < 4.78 is 26.4. The Bertz CT molecular complexity index is 779. The Morgan fingerprint density at radius 1 is 1.04 bits per heavy atom. The van der Waals surface area contributed by atoms with Crippen LogP contribution in [0.2, 0.25) is 0 Å². The maximum absolute atomic E-state index is 13.6. The van der Waals surface area contributed by atoms with Crippen LogP contribution in [0.25, 0.3) is 0 Å². The van der Waals surface area contributed by atoms with E-state index in [4.69, 9.17) is 0 Å². The van der Waals surface area contributed by atoms with Gasteiger partial charge in [0.15, 0.2) is 0 Å². The first-order valence-electron chi connectivity index (χ1n) is 8.96. The van der Waals surface area contributed by atoms with E-state index in [2.05, 4.69) is 10.6 Å². The molecule has 1 atom stereocenters. The molecule has 0 aromatic heterocycles. The molecule has 27 heavy (non-hydrogen) atoms. The van der Waals surface area contributed by atoms with Crippen molar-refractivity contribution >= 4 is 11.8 Å². The average molecular weight is 374 g/mol. The second-order valence-corrected chi connectivity index (χ2v) is 6.68. The summed E-state index contributed by atoms with van der Waals surface area (Å²) in [4.78, 5) is 24.1. The standard InChI is InChI=1S/C21H24F2N2O2/c1-14(2)20(15-7-4-3-5-8-15)25-19(26)9-6-12-24-21(27)17-11-10-16(22)13-18(17)23/h3-5,7-8,10-11,13-14,20H,6,9,12H2,1-2H3,(H,24,27)(H,25,26)/t20-/m1/s1. The quantitative estimate of drug-likeness (QED) is 0.687. The summed E-state index contributed by atoms with van der Waals surface area (Å²) in [6.07, 6.45) is 0.655. The third-order valence-electron chi connectivity index (χ3n) is 4.18. The molecule has 0 bridgehead atoms. The summed E-state index contributed by atoms with van der Waals surface area (Å²) in [5.41, 5.74) is 0.825. The van der Waals surface area contributed by atoms with Crippen LogP contribution < -0.4 is 10.6 Å². The van der Waals surface area contributed by atoms with Crippen molar-refractivity contribution in [2.75, 3.05) is 6.54 Å². The minimum absolute atomic E-state index is 0.0818. The Balaban J connectivity index is 1.79. The molecule has 0 heterocycles. The highest BCUT2D eigenvalue weighted by Gasteiger charge is 2.18. The topological polar surface area (TPSA) is 58.2 Å². The van der Waals surface area contributed by atoms with Crippen molar-refractivity contribution in [3.05, 3.63) is 71.3 Å². The maximum Gasteiger partial charge on any atom is 0.254 e. The van der Waals surface area contributed by atoms with Gasteiger partial charge in [-0.3, -0.25) is 9.59 Å². The number of carbonyl (C=O) groups is 2. The van der Waals surface area contributed by atoms with Crippen LogP contribution in [0, 0.1) is 17.6 Å². The molecule has 0 spiro atoms. The minimum atomic E-state index is -0.909. The molecule has 2 aromatic rings. The monoisotopic (exact) mass is 374 g/mol. The molecule has 0 fully saturated rings. The zero-order valence-corrected chi connectivity index (χ0v) is 15.5. The molecule has 0 saturated heterocycles. The van der Waals surface area contributed by atoms with Crippen LogP contribution in [0.15, 0.2) is 48.5 Å². The molecule has 0 saturated carbocycles. The predicted molar refractivity (Wildman–Crippen MR) is 100 cm³/mol. The van der Waals surface area contributed by atoms with Crippen LogP contribution in [-0.2, 0) is 4.79 Å². The van der Waals surface area contributed by atoms with E-state index in [-0.39, 0.29) is 36.4 Å². The number of nitrogens with one attached hydrogen (secondary N) is 2. The van der Waals surface area contributed by atoms with Crippen molar-refractivity contribution in [3.8, 4) is 0 Å². The SMILES string of the molecule is CC(C)[C@@H](NC(=O)CCCNC(=O)c1ccc(F)cc1F)c1ccccc1. The van der Waals surface area contributed by atoms with Gasteiger partial charge in [0.2, 0.25) is 5.91 Å². The van der Waals surface area contributed by atoms with Gasteiger partial charge >= 0.3 is 0 Å². The van der Waals surface area contributed by atoms with E-state index < -0.39 is 17.5 Å². The van der Waals surface area contributed by atoms with Crippen molar-refractivity contribution in [1.29, 1.82) is 0 Å². The summed E-state index contributed by atoms with van der Waals surface area (Å²) in [6.45, 7) is 4.30. The lowest BCUT2D eigenvalue weighted by molar-refractivity contribution is -0.122. The molecule has 6 heteroatoms. The molecule has 2 aromatic carbocycles. The molecule has 2 rings (SSSR count). The number of halogens is 2. The summed E-state index contributed by atoms with van der Waals surface area (Å²) in [5, 5.41) is 5.56. The summed E-state index contributed by atoms with van der Waals surface area (Å²) in [5.74, 6) is -2.15. The van der Waals surface area contributed by atoms with E-state index in [0.717, 1.165) is 17.7 Å². The second kappa shape index (κ2) is 9.80. The van der Waals surface area contributed by atoms with Crippen LogP contribution in [0.4, 0.5) is 8.78 Å². The number of hydrogen-bond acceptors (Lipinski definition) is 2. The first-order valence-corrected chi connectivity index (χ1v) is 8.96. The molecule has 4 nitrogen and oxygen atoms in total. The lowest BCUT2D eigenvalue weighted by Gasteiger charge is -2.23. The molecule has 2 amide bonds. The Hall–Kier alpha value is -2.76. The third kappa shape index (κ3) is 6.16. The van der Waals surface area contributed by atoms with Crippen LogP contribution in [-0.4, -0.2) is 18.4 Å². The molecule has 0 aliphatic carbocycles. The van der Waals surface area contributed by atoms with Crippen LogP contribution in [0.3, 0.4) is 0 Å². The molecular formula is C21H24F2N2O2. The van der Waals surface area contributed by atoms with Crippen LogP contribution in [0.5, 0.6) is 0 Å². The molecular weight excluding hydrogens is 350 g/mol. The average Bonchev–Trinajstić information content (AvgIpc) is 2.63. The van der Waals surface area contributed by atoms with Gasteiger partial charge in [-0.15, -0.1) is 0 Å². The number of carbonyl (C=O) groups excluding carboxylic acids is 2. The van der Waals surface area contributed by atoms with E-state index in [9.17, 15) is 18.4 Å². The van der Waals surface area contributed by atoms with E-state index in [0.29, 0.717) is 12.5 Å². The molecule has 144 valence electrons. The Labute approximate surface area is 158 Å². The van der Waals surface area contributed by atoms with Gasteiger partial charge in [-0.05, 0) is 30.0 Å². The van der Waals surface area contributed by atoms with E-state index in [1.807, 2.05) is 44.2 Å². The fourth-order valence-corrected chi connectivity index (χ4v) is 2.76. The minimum Gasteiger partial charge on any atom is -0.352 e. The third-order valence-corrected chi connectivity index (χ3v) is 4.18. The first-order chi connectivity index (χ1) is 12.9. The van der Waals surface area contributed by atoms with E-state index >= 15 is 0 Å². The van der Waals surface area contributed by atoms with Crippen molar-refractivity contribution in [1.82, 2.24) is 10.6 Å². The van der Waals surface area contributed by atoms with E-state index in [1.54, 1.807) is 0 Å². The summed E-state index contributed by atoms with van der Waals surface area (Å²) >= 11 is 0. The number of hydrogen-bond donors (Lipinski definition) is 2. The molecule has 0 aliphatic heterocycles. The number of rotatable bonds is 8. The van der Waals surface area contributed by atoms with Gasteiger partial charge in [0.25, 0.3) is 5.91 Å². The normalized spacial score (nSPS) is 11.9. The number of amides is 2. The Morgan fingerprint density at radius 3 is 2.37 bits per heavy atom.